The fraction of sp³-hybridized carbons (Fsp3) is 0.562. The number of piperidine rings is 1. The summed E-state index contributed by atoms with van der Waals surface area (Å²) in [7, 11) is 0. The summed E-state index contributed by atoms with van der Waals surface area (Å²) in [6, 6.07) is 4.71. The molecule has 7 heteroatoms. The molecule has 2 heterocycles. The van der Waals surface area contributed by atoms with E-state index in [2.05, 4.69) is 10.1 Å². The van der Waals surface area contributed by atoms with Crippen molar-refractivity contribution < 1.29 is 8.91 Å². The topological polar surface area (TPSA) is 29.3 Å². The van der Waals surface area contributed by atoms with Crippen molar-refractivity contribution in [3.05, 3.63) is 29.7 Å². The van der Waals surface area contributed by atoms with Gasteiger partial charge >= 0.3 is 123 Å². The average Bonchev–Trinajstić information content (AvgIpc) is 2.91. The third-order valence-corrected chi connectivity index (χ3v) is 5.22. The first-order valence-corrected chi connectivity index (χ1v) is 9.46. The number of hydrogen-bond donors (Lipinski definition) is 0. The molecular weight excluding hydrogens is 401 g/mol. The number of rotatable bonds is 5. The second-order valence-corrected chi connectivity index (χ2v) is 7.03. The molecule has 3 nitrogen and oxygen atoms in total. The van der Waals surface area contributed by atoms with Gasteiger partial charge in [-0.2, -0.15) is 0 Å². The predicted octanol–water partition coefficient (Wildman–Crippen LogP) is 3.82. The molecule has 23 heavy (non-hydrogen) atoms. The molecule has 0 radical (unpaired) electrons. The SMILES string of the molecule is Cl.Cl.Fc1ccc2c(C3CCN(CCCC[AsH2])CC3)noc2c1. The zero-order chi connectivity index (χ0) is 14.7. The van der Waals surface area contributed by atoms with Crippen LogP contribution >= 0.6 is 24.8 Å². The maximum absolute atomic E-state index is 13.2. The van der Waals surface area contributed by atoms with Gasteiger partial charge in [-0.15, -0.1) is 24.8 Å². The minimum absolute atomic E-state index is 0. The molecule has 2 aromatic rings. The Labute approximate surface area is 157 Å². The molecule has 0 aliphatic carbocycles. The molecule has 1 aliphatic rings. The molecular formula is C16H24AsCl2FN2O. The molecule has 1 aromatic carbocycles. The summed E-state index contributed by atoms with van der Waals surface area (Å²) in [5.74, 6) is 0.180. The Bertz CT molecular complexity index is 603. The molecule has 0 N–H and O–H groups in total. The Hall–Kier alpha value is -0.282. The van der Waals surface area contributed by atoms with Gasteiger partial charge in [-0.25, -0.2) is 4.39 Å². The van der Waals surface area contributed by atoms with Crippen LogP contribution in [0.4, 0.5) is 4.39 Å². The van der Waals surface area contributed by atoms with Crippen LogP contribution in [0.15, 0.2) is 22.7 Å². The van der Waals surface area contributed by atoms with Gasteiger partial charge in [0.15, 0.2) is 0 Å². The summed E-state index contributed by atoms with van der Waals surface area (Å²) in [4.78, 5) is 2.56. The zero-order valence-corrected chi connectivity index (χ0v) is 17.1. The number of aromatic nitrogens is 1. The molecule has 0 amide bonds. The van der Waals surface area contributed by atoms with E-state index in [9.17, 15) is 4.39 Å². The molecule has 3 rings (SSSR count). The van der Waals surface area contributed by atoms with Gasteiger partial charge in [0.25, 0.3) is 0 Å². The van der Waals surface area contributed by atoms with Gasteiger partial charge in [-0.3, -0.25) is 0 Å². The Morgan fingerprint density at radius 1 is 1.22 bits per heavy atom. The molecule has 1 saturated heterocycles. The Balaban J connectivity index is 0.00000132. The van der Waals surface area contributed by atoms with Crippen LogP contribution in [0.5, 0.6) is 0 Å². The maximum atomic E-state index is 13.2. The zero-order valence-electron chi connectivity index (χ0n) is 13.0. The van der Waals surface area contributed by atoms with Crippen LogP contribution < -0.4 is 0 Å². The molecule has 0 bridgehead atoms. The summed E-state index contributed by atoms with van der Waals surface area (Å²) in [6.45, 7) is 3.49. The van der Waals surface area contributed by atoms with E-state index in [-0.39, 0.29) is 30.6 Å². The van der Waals surface area contributed by atoms with E-state index >= 15 is 0 Å². The first-order chi connectivity index (χ1) is 10.3. The number of unbranched alkanes of at least 4 members (excludes halogenated alkanes) is 1. The van der Waals surface area contributed by atoms with Crippen molar-refractivity contribution in [2.45, 2.75) is 36.8 Å². The first kappa shape index (κ1) is 20.8. The average molecular weight is 425 g/mol. The van der Waals surface area contributed by atoms with Crippen molar-refractivity contribution in [2.75, 3.05) is 19.6 Å². The van der Waals surface area contributed by atoms with Crippen LogP contribution in [0.2, 0.25) is 5.21 Å². The fourth-order valence-electron chi connectivity index (χ4n) is 3.14. The van der Waals surface area contributed by atoms with E-state index in [4.69, 9.17) is 4.52 Å². The predicted molar refractivity (Wildman–Crippen MR) is 99.5 cm³/mol. The summed E-state index contributed by atoms with van der Waals surface area (Å²) in [5.41, 5.74) is 1.58. The summed E-state index contributed by atoms with van der Waals surface area (Å²) >= 11 is 1.83. The van der Waals surface area contributed by atoms with Gasteiger partial charge in [0.05, 0.1) is 0 Å². The number of fused-ring (bicyclic) bond motifs is 1. The second kappa shape index (κ2) is 9.88. The summed E-state index contributed by atoms with van der Waals surface area (Å²) in [6.07, 6.45) is 4.90. The van der Waals surface area contributed by atoms with E-state index in [0.29, 0.717) is 11.5 Å². The molecule has 1 unspecified atom stereocenters. The van der Waals surface area contributed by atoms with Crippen molar-refractivity contribution in [3.8, 4) is 0 Å². The first-order valence-electron chi connectivity index (χ1n) is 7.75. The van der Waals surface area contributed by atoms with Gasteiger partial charge < -0.3 is 0 Å². The van der Waals surface area contributed by atoms with Gasteiger partial charge in [0.2, 0.25) is 0 Å². The van der Waals surface area contributed by atoms with E-state index in [1.54, 1.807) is 6.07 Å². The molecule has 1 aromatic heterocycles. The molecule has 0 spiro atoms. The Morgan fingerprint density at radius 3 is 2.65 bits per heavy atom. The number of likely N-dealkylation sites (tertiary alicyclic amines) is 1. The minimum atomic E-state index is -0.266. The molecule has 1 atom stereocenters. The van der Waals surface area contributed by atoms with Crippen LogP contribution in [0, 0.1) is 5.82 Å². The van der Waals surface area contributed by atoms with Crippen LogP contribution in [0.1, 0.15) is 37.3 Å². The summed E-state index contributed by atoms with van der Waals surface area (Å²) < 4.78 is 18.5. The number of nitrogens with zero attached hydrogens (tertiary/aromatic N) is 2. The number of hydrogen-bond acceptors (Lipinski definition) is 3. The van der Waals surface area contributed by atoms with Gasteiger partial charge in [0.1, 0.15) is 5.82 Å². The molecule has 130 valence electrons. The number of benzene rings is 1. The van der Waals surface area contributed by atoms with Crippen molar-refractivity contribution in [3.63, 3.8) is 0 Å². The van der Waals surface area contributed by atoms with Gasteiger partial charge in [-0.05, 0) is 0 Å². The third kappa shape index (κ3) is 5.09. The van der Waals surface area contributed by atoms with Crippen molar-refractivity contribution in [1.82, 2.24) is 10.1 Å². The van der Waals surface area contributed by atoms with Crippen molar-refractivity contribution in [2.24, 2.45) is 0 Å². The molecule has 1 aliphatic heterocycles. The van der Waals surface area contributed by atoms with Crippen LogP contribution in [-0.2, 0) is 0 Å². The molecule has 0 saturated carbocycles. The van der Waals surface area contributed by atoms with Gasteiger partial charge in [-0.1, -0.05) is 0 Å². The van der Waals surface area contributed by atoms with Crippen LogP contribution in [0.25, 0.3) is 11.0 Å². The monoisotopic (exact) mass is 424 g/mol. The standard InChI is InChI=1S/C16H22AsFN2O.2ClH/c17-7-1-2-8-20-9-5-12(6-10-20)16-14-4-3-13(18)11-15(14)21-19-16;;/h3-4,11-12H,1-2,5-10,17H2;2*1H. The normalized spacial score (nSPS) is 16.1. The van der Waals surface area contributed by atoms with Gasteiger partial charge in [0, 0.05) is 0 Å². The number of halogens is 3. The Kier molecular flexibility index (Phi) is 8.92. The third-order valence-electron chi connectivity index (χ3n) is 4.36. The second-order valence-electron chi connectivity index (χ2n) is 5.82. The summed E-state index contributed by atoms with van der Waals surface area (Å²) in [5, 5.41) is 6.52. The Morgan fingerprint density at radius 2 is 1.96 bits per heavy atom. The van der Waals surface area contributed by atoms with E-state index in [1.165, 1.54) is 36.7 Å². The quantitative estimate of drug-likeness (QED) is 0.539. The van der Waals surface area contributed by atoms with E-state index in [0.717, 1.165) is 37.0 Å². The van der Waals surface area contributed by atoms with E-state index in [1.807, 2.05) is 16.9 Å². The fourth-order valence-corrected chi connectivity index (χ4v) is 3.74. The van der Waals surface area contributed by atoms with Crippen molar-refractivity contribution >= 4 is 52.6 Å². The van der Waals surface area contributed by atoms with E-state index < -0.39 is 0 Å². The molecule has 1 fully saturated rings. The van der Waals surface area contributed by atoms with Crippen LogP contribution in [0.3, 0.4) is 0 Å². The van der Waals surface area contributed by atoms with Crippen molar-refractivity contribution in [1.29, 1.82) is 0 Å². The van der Waals surface area contributed by atoms with Crippen LogP contribution in [-0.4, -0.2) is 46.5 Å².